The van der Waals surface area contributed by atoms with Gasteiger partial charge in [-0.25, -0.2) is 0 Å². The second-order valence-corrected chi connectivity index (χ2v) is 15.3. The number of fused-ring (bicyclic) bond motifs is 6. The Kier molecular flexibility index (Phi) is 8.87. The smallest absolute Gasteiger partial charge is 0.143 e. The van der Waals surface area contributed by atoms with Crippen LogP contribution >= 0.6 is 0 Å². The zero-order valence-corrected chi connectivity index (χ0v) is 32.9. The average Bonchev–Trinajstić information content (AvgIpc) is 3.75. The van der Waals surface area contributed by atoms with E-state index in [4.69, 9.17) is 4.42 Å². The molecule has 0 aliphatic heterocycles. The minimum absolute atomic E-state index is 0.889. The second-order valence-electron chi connectivity index (χ2n) is 15.3. The summed E-state index contributed by atoms with van der Waals surface area (Å²) in [6.45, 7) is 0. The molecule has 1 aromatic heterocycles. The van der Waals surface area contributed by atoms with Crippen LogP contribution in [0.25, 0.3) is 88.3 Å². The minimum atomic E-state index is 0.889. The Hall–Kier alpha value is -7.94. The molecule has 0 unspecified atom stereocenters. The first-order valence-electron chi connectivity index (χ1n) is 20.5. The van der Waals surface area contributed by atoms with Gasteiger partial charge in [-0.3, -0.25) is 0 Å². The van der Waals surface area contributed by atoms with Crippen LogP contribution < -0.4 is 4.90 Å². The Morgan fingerprint density at radius 3 is 1.30 bits per heavy atom. The molecule has 0 atom stereocenters. The third-order valence-electron chi connectivity index (χ3n) is 11.7. The van der Waals surface area contributed by atoms with Crippen molar-refractivity contribution in [3.63, 3.8) is 0 Å². The monoisotopic (exact) mass is 765 g/mol. The van der Waals surface area contributed by atoms with Crippen molar-refractivity contribution < 1.29 is 4.42 Å². The summed E-state index contributed by atoms with van der Waals surface area (Å²) in [6.07, 6.45) is 0. The van der Waals surface area contributed by atoms with E-state index >= 15 is 0 Å². The summed E-state index contributed by atoms with van der Waals surface area (Å²) in [5.74, 6) is 0.889. The van der Waals surface area contributed by atoms with Gasteiger partial charge in [0.25, 0.3) is 0 Å². The van der Waals surface area contributed by atoms with Crippen LogP contribution in [-0.4, -0.2) is 0 Å². The van der Waals surface area contributed by atoms with Crippen LogP contribution in [0.3, 0.4) is 0 Å². The standard InChI is InChI=1S/C58H39NO/c1-5-16-40(17-6-1)42-28-33-48(34-29-42)59(49-35-30-43(31-36-49)41-18-7-2-8-19-41)50-25-15-24-46(38-50)47-32-37-53-54(39-47)51-26-13-14-27-52(51)56-55(44-20-9-3-10-21-44)57(60-58(53)56)45-22-11-4-12-23-45/h1-39H. The van der Waals surface area contributed by atoms with Crippen LogP contribution in [-0.2, 0) is 0 Å². The molecule has 0 bridgehead atoms. The Balaban J connectivity index is 1.06. The van der Waals surface area contributed by atoms with Gasteiger partial charge < -0.3 is 9.32 Å². The molecular formula is C58H39NO. The van der Waals surface area contributed by atoms with Gasteiger partial charge in [0.1, 0.15) is 11.3 Å². The van der Waals surface area contributed by atoms with E-state index in [2.05, 4.69) is 241 Å². The Bertz CT molecular complexity index is 3180. The van der Waals surface area contributed by atoms with Crippen molar-refractivity contribution in [2.24, 2.45) is 0 Å². The van der Waals surface area contributed by atoms with E-state index in [1.807, 2.05) is 0 Å². The number of benzene rings is 10. The van der Waals surface area contributed by atoms with Crippen LogP contribution in [0, 0.1) is 0 Å². The predicted octanol–water partition coefficient (Wildman–Crippen LogP) is 16.5. The van der Waals surface area contributed by atoms with E-state index < -0.39 is 0 Å². The van der Waals surface area contributed by atoms with Crippen molar-refractivity contribution >= 4 is 49.6 Å². The average molecular weight is 766 g/mol. The van der Waals surface area contributed by atoms with Crippen molar-refractivity contribution in [2.75, 3.05) is 4.90 Å². The third-order valence-corrected chi connectivity index (χ3v) is 11.7. The summed E-state index contributed by atoms with van der Waals surface area (Å²) in [6, 6.07) is 84.5. The molecule has 0 spiro atoms. The van der Waals surface area contributed by atoms with Gasteiger partial charge in [0, 0.05) is 39.0 Å². The first-order chi connectivity index (χ1) is 29.8. The first-order valence-corrected chi connectivity index (χ1v) is 20.5. The van der Waals surface area contributed by atoms with E-state index in [0.29, 0.717) is 0 Å². The van der Waals surface area contributed by atoms with Crippen molar-refractivity contribution in [1.29, 1.82) is 0 Å². The fourth-order valence-electron chi connectivity index (χ4n) is 8.77. The molecule has 0 saturated heterocycles. The highest BCUT2D eigenvalue weighted by Crippen LogP contribution is 2.48. The molecule has 0 N–H and O–H groups in total. The lowest BCUT2D eigenvalue weighted by Crippen LogP contribution is -2.10. The normalized spacial score (nSPS) is 11.3. The van der Waals surface area contributed by atoms with Crippen LogP contribution in [0.5, 0.6) is 0 Å². The number of anilines is 3. The molecule has 2 nitrogen and oxygen atoms in total. The summed E-state index contributed by atoms with van der Waals surface area (Å²) in [5, 5.41) is 5.79. The molecule has 11 rings (SSSR count). The van der Waals surface area contributed by atoms with Crippen LogP contribution in [0.1, 0.15) is 0 Å². The lowest BCUT2D eigenvalue weighted by Gasteiger charge is -2.26. The van der Waals surface area contributed by atoms with E-state index in [0.717, 1.165) is 67.0 Å². The van der Waals surface area contributed by atoms with Gasteiger partial charge in [0.2, 0.25) is 0 Å². The summed E-state index contributed by atoms with van der Waals surface area (Å²) < 4.78 is 7.02. The van der Waals surface area contributed by atoms with Gasteiger partial charge in [0.15, 0.2) is 0 Å². The van der Waals surface area contributed by atoms with Crippen molar-refractivity contribution in [1.82, 2.24) is 0 Å². The zero-order valence-electron chi connectivity index (χ0n) is 32.9. The molecule has 282 valence electrons. The number of hydrogen-bond acceptors (Lipinski definition) is 2. The molecule has 0 fully saturated rings. The van der Waals surface area contributed by atoms with E-state index in [-0.39, 0.29) is 0 Å². The van der Waals surface area contributed by atoms with Crippen LogP contribution in [0.2, 0.25) is 0 Å². The Morgan fingerprint density at radius 1 is 0.267 bits per heavy atom. The molecule has 0 amide bonds. The number of rotatable bonds is 8. The zero-order chi connectivity index (χ0) is 39.8. The summed E-state index contributed by atoms with van der Waals surface area (Å²) in [7, 11) is 0. The molecule has 0 aliphatic carbocycles. The number of furan rings is 1. The van der Waals surface area contributed by atoms with Gasteiger partial charge in [-0.05, 0) is 104 Å². The molecule has 11 aromatic rings. The van der Waals surface area contributed by atoms with E-state index in [1.165, 1.54) is 38.4 Å². The lowest BCUT2D eigenvalue weighted by atomic mass is 9.91. The second kappa shape index (κ2) is 15.1. The Labute approximate surface area is 349 Å². The Morgan fingerprint density at radius 2 is 0.717 bits per heavy atom. The van der Waals surface area contributed by atoms with Gasteiger partial charge >= 0.3 is 0 Å². The summed E-state index contributed by atoms with van der Waals surface area (Å²) >= 11 is 0. The molecule has 10 aromatic carbocycles. The summed E-state index contributed by atoms with van der Waals surface area (Å²) in [5.41, 5.74) is 14.6. The highest BCUT2D eigenvalue weighted by Gasteiger charge is 2.23. The molecule has 0 aliphatic rings. The van der Waals surface area contributed by atoms with Crippen LogP contribution in [0.4, 0.5) is 17.1 Å². The highest BCUT2D eigenvalue weighted by atomic mass is 16.3. The number of hydrogen-bond donors (Lipinski definition) is 0. The molecule has 2 heteroatoms. The van der Waals surface area contributed by atoms with E-state index in [9.17, 15) is 0 Å². The quantitative estimate of drug-likeness (QED) is 0.143. The molecule has 60 heavy (non-hydrogen) atoms. The van der Waals surface area contributed by atoms with Gasteiger partial charge in [-0.2, -0.15) is 0 Å². The summed E-state index contributed by atoms with van der Waals surface area (Å²) in [4.78, 5) is 2.35. The molecular weight excluding hydrogens is 727 g/mol. The molecule has 0 radical (unpaired) electrons. The number of nitrogens with zero attached hydrogens (tertiary/aromatic N) is 1. The van der Waals surface area contributed by atoms with Gasteiger partial charge in [-0.1, -0.05) is 188 Å². The van der Waals surface area contributed by atoms with Crippen molar-refractivity contribution in [3.8, 4) is 55.8 Å². The first kappa shape index (κ1) is 35.2. The van der Waals surface area contributed by atoms with Gasteiger partial charge in [0.05, 0.1) is 0 Å². The largest absolute Gasteiger partial charge is 0.455 e. The highest BCUT2D eigenvalue weighted by molar-refractivity contribution is 6.28. The maximum Gasteiger partial charge on any atom is 0.143 e. The lowest BCUT2D eigenvalue weighted by molar-refractivity contribution is 0.636. The van der Waals surface area contributed by atoms with Crippen molar-refractivity contribution in [2.45, 2.75) is 0 Å². The molecule has 0 saturated carbocycles. The maximum absolute atomic E-state index is 7.02. The topological polar surface area (TPSA) is 16.4 Å². The SMILES string of the molecule is c1ccc(-c2ccc(N(c3ccc(-c4ccccc4)cc3)c3cccc(-c4ccc5c(c4)c4ccccc4c4c(-c6ccccc6)c(-c6ccccc6)oc54)c3)cc2)cc1. The fourth-order valence-corrected chi connectivity index (χ4v) is 8.77. The minimum Gasteiger partial charge on any atom is -0.455 e. The van der Waals surface area contributed by atoms with E-state index in [1.54, 1.807) is 0 Å². The fraction of sp³-hybridized carbons (Fsp3) is 0. The van der Waals surface area contributed by atoms with Crippen molar-refractivity contribution in [3.05, 3.63) is 237 Å². The van der Waals surface area contributed by atoms with Gasteiger partial charge in [-0.15, -0.1) is 0 Å². The maximum atomic E-state index is 7.02. The van der Waals surface area contributed by atoms with Crippen LogP contribution in [0.15, 0.2) is 241 Å². The third kappa shape index (κ3) is 6.32. The predicted molar refractivity (Wildman–Crippen MR) is 253 cm³/mol. The molecule has 1 heterocycles.